The van der Waals surface area contributed by atoms with Gasteiger partial charge in [0.25, 0.3) is 0 Å². The number of nitrogens with zero attached hydrogens (tertiary/aromatic N) is 2. The van der Waals surface area contributed by atoms with Gasteiger partial charge >= 0.3 is 6.09 Å². The van der Waals surface area contributed by atoms with Crippen molar-refractivity contribution in [3.63, 3.8) is 0 Å². The summed E-state index contributed by atoms with van der Waals surface area (Å²) in [5.41, 5.74) is 7.95. The Labute approximate surface area is 134 Å². The van der Waals surface area contributed by atoms with Crippen LogP contribution < -0.4 is 11.1 Å². The fraction of sp³-hybridized carbons (Fsp3) is 0.333. The minimum absolute atomic E-state index is 0.393. The van der Waals surface area contributed by atoms with Crippen molar-refractivity contribution in [2.45, 2.75) is 26.4 Å². The number of benzene rings is 1. The van der Waals surface area contributed by atoms with Crippen LogP contribution in [0.3, 0.4) is 0 Å². The minimum Gasteiger partial charge on any atom is -0.444 e. The van der Waals surface area contributed by atoms with Gasteiger partial charge in [0.05, 0.1) is 28.3 Å². The summed E-state index contributed by atoms with van der Waals surface area (Å²) in [7, 11) is 1.80. The highest BCUT2D eigenvalue weighted by Gasteiger charge is 2.17. The van der Waals surface area contributed by atoms with Crippen LogP contribution in [-0.2, 0) is 11.8 Å². The van der Waals surface area contributed by atoms with Crippen molar-refractivity contribution in [3.05, 3.63) is 29.4 Å². The molecule has 0 unspecified atom stereocenters. The van der Waals surface area contributed by atoms with Crippen LogP contribution in [0, 0.1) is 0 Å². The second-order valence-corrected chi connectivity index (χ2v) is 6.30. The molecular formula is C15H19ClN4O2. The van der Waals surface area contributed by atoms with Crippen LogP contribution in [0.15, 0.2) is 24.4 Å². The lowest BCUT2D eigenvalue weighted by molar-refractivity contribution is 0.0636. The van der Waals surface area contributed by atoms with E-state index < -0.39 is 11.7 Å². The van der Waals surface area contributed by atoms with Crippen molar-refractivity contribution < 1.29 is 9.53 Å². The van der Waals surface area contributed by atoms with E-state index in [2.05, 4.69) is 10.4 Å². The molecule has 6 nitrogen and oxygen atoms in total. The molecule has 1 heterocycles. The number of carbonyl (C=O) groups is 1. The van der Waals surface area contributed by atoms with Crippen LogP contribution in [-0.4, -0.2) is 21.5 Å². The van der Waals surface area contributed by atoms with Crippen LogP contribution in [0.1, 0.15) is 20.8 Å². The second-order valence-electron chi connectivity index (χ2n) is 5.89. The van der Waals surface area contributed by atoms with Gasteiger partial charge in [0.15, 0.2) is 0 Å². The van der Waals surface area contributed by atoms with Gasteiger partial charge in [-0.05, 0) is 32.9 Å². The van der Waals surface area contributed by atoms with E-state index in [9.17, 15) is 4.79 Å². The largest absolute Gasteiger partial charge is 0.444 e. The molecule has 0 bridgehead atoms. The number of rotatable bonds is 2. The van der Waals surface area contributed by atoms with Gasteiger partial charge in [-0.3, -0.25) is 10.00 Å². The van der Waals surface area contributed by atoms with E-state index in [1.54, 1.807) is 50.8 Å². The van der Waals surface area contributed by atoms with Crippen LogP contribution in [0.4, 0.5) is 16.2 Å². The molecule has 2 rings (SSSR count). The predicted octanol–water partition coefficient (Wildman–Crippen LogP) is 3.67. The number of anilines is 2. The molecule has 22 heavy (non-hydrogen) atoms. The molecule has 0 saturated carbocycles. The smallest absolute Gasteiger partial charge is 0.412 e. The first kappa shape index (κ1) is 16.2. The highest BCUT2D eigenvalue weighted by atomic mass is 35.5. The van der Waals surface area contributed by atoms with Crippen LogP contribution >= 0.6 is 11.6 Å². The Morgan fingerprint density at radius 2 is 2.09 bits per heavy atom. The third-order valence-corrected chi connectivity index (χ3v) is 3.16. The van der Waals surface area contributed by atoms with Crippen molar-refractivity contribution >= 4 is 29.1 Å². The lowest BCUT2D eigenvalue weighted by Crippen LogP contribution is -2.27. The van der Waals surface area contributed by atoms with Crippen LogP contribution in [0.2, 0.25) is 5.02 Å². The van der Waals surface area contributed by atoms with E-state index in [4.69, 9.17) is 22.1 Å². The number of nitrogens with two attached hydrogens (primary N) is 1. The standard InChI is InChI=1S/C15H19ClN4O2/c1-15(2,3)22-14(21)19-12-6-5-9(7-10(12)16)13-11(17)8-18-20(13)4/h5-8H,17H2,1-4H3,(H,19,21). The summed E-state index contributed by atoms with van der Waals surface area (Å²) in [5.74, 6) is 0. The second kappa shape index (κ2) is 5.88. The molecule has 7 heteroatoms. The molecule has 0 aliphatic heterocycles. The number of carbonyl (C=O) groups excluding carboxylic acids is 1. The number of nitrogen functional groups attached to an aromatic ring is 1. The Balaban J connectivity index is 2.22. The summed E-state index contributed by atoms with van der Waals surface area (Å²) >= 11 is 6.23. The molecule has 0 aliphatic rings. The normalized spacial score (nSPS) is 11.3. The molecule has 0 radical (unpaired) electrons. The average Bonchev–Trinajstić information content (AvgIpc) is 2.69. The third-order valence-electron chi connectivity index (χ3n) is 2.85. The number of ether oxygens (including phenoxy) is 1. The van der Waals surface area contributed by atoms with Gasteiger partial charge in [0, 0.05) is 12.6 Å². The van der Waals surface area contributed by atoms with E-state index in [0.717, 1.165) is 11.3 Å². The maximum absolute atomic E-state index is 11.8. The molecule has 118 valence electrons. The topological polar surface area (TPSA) is 82.2 Å². The first-order valence-corrected chi connectivity index (χ1v) is 7.12. The number of aromatic nitrogens is 2. The fourth-order valence-electron chi connectivity index (χ4n) is 1.99. The summed E-state index contributed by atoms with van der Waals surface area (Å²) < 4.78 is 6.86. The maximum atomic E-state index is 11.8. The van der Waals surface area contributed by atoms with E-state index in [0.29, 0.717) is 16.4 Å². The first-order valence-electron chi connectivity index (χ1n) is 6.75. The molecule has 3 N–H and O–H groups in total. The molecule has 1 aromatic heterocycles. The van der Waals surface area contributed by atoms with Crippen molar-refractivity contribution in [3.8, 4) is 11.3 Å². The number of halogens is 1. The molecule has 0 fully saturated rings. The van der Waals surface area contributed by atoms with Gasteiger partial charge in [0.2, 0.25) is 0 Å². The van der Waals surface area contributed by atoms with Gasteiger partial charge in [-0.2, -0.15) is 5.10 Å². The van der Waals surface area contributed by atoms with Crippen molar-refractivity contribution in [2.24, 2.45) is 7.05 Å². The van der Waals surface area contributed by atoms with Crippen molar-refractivity contribution in [1.29, 1.82) is 0 Å². The lowest BCUT2D eigenvalue weighted by atomic mass is 10.1. The number of hydrogen-bond donors (Lipinski definition) is 2. The van der Waals surface area contributed by atoms with Gasteiger partial charge in [0.1, 0.15) is 5.60 Å². The molecule has 2 aromatic rings. The summed E-state index contributed by atoms with van der Waals surface area (Å²) in [5, 5.41) is 7.11. The summed E-state index contributed by atoms with van der Waals surface area (Å²) in [6, 6.07) is 5.24. The predicted molar refractivity (Wildman–Crippen MR) is 87.9 cm³/mol. The zero-order chi connectivity index (χ0) is 16.5. The monoisotopic (exact) mass is 322 g/mol. The average molecular weight is 323 g/mol. The van der Waals surface area contributed by atoms with E-state index in [-0.39, 0.29) is 0 Å². The van der Waals surface area contributed by atoms with Crippen molar-refractivity contribution in [1.82, 2.24) is 9.78 Å². The lowest BCUT2D eigenvalue weighted by Gasteiger charge is -2.20. The molecule has 0 aliphatic carbocycles. The number of nitrogens with one attached hydrogen (secondary N) is 1. The molecular weight excluding hydrogens is 304 g/mol. The third kappa shape index (κ3) is 3.71. The van der Waals surface area contributed by atoms with Crippen molar-refractivity contribution in [2.75, 3.05) is 11.1 Å². The maximum Gasteiger partial charge on any atom is 0.412 e. The van der Waals surface area contributed by atoms with E-state index in [1.165, 1.54) is 0 Å². The highest BCUT2D eigenvalue weighted by molar-refractivity contribution is 6.34. The molecule has 1 aromatic carbocycles. The van der Waals surface area contributed by atoms with Gasteiger partial charge in [-0.15, -0.1) is 0 Å². The number of amides is 1. The fourth-order valence-corrected chi connectivity index (χ4v) is 2.21. The highest BCUT2D eigenvalue weighted by Crippen LogP contribution is 2.31. The Kier molecular flexibility index (Phi) is 4.32. The van der Waals surface area contributed by atoms with Gasteiger partial charge in [-0.25, -0.2) is 4.79 Å². The number of aryl methyl sites for hydroxylation is 1. The van der Waals surface area contributed by atoms with E-state index in [1.807, 2.05) is 6.07 Å². The Morgan fingerprint density at radius 1 is 1.41 bits per heavy atom. The minimum atomic E-state index is -0.570. The zero-order valence-corrected chi connectivity index (χ0v) is 13.7. The Morgan fingerprint density at radius 3 is 2.59 bits per heavy atom. The van der Waals surface area contributed by atoms with Gasteiger partial charge in [-0.1, -0.05) is 17.7 Å². The number of hydrogen-bond acceptors (Lipinski definition) is 4. The quantitative estimate of drug-likeness (QED) is 0.883. The van der Waals surface area contributed by atoms with Crippen LogP contribution in [0.5, 0.6) is 0 Å². The molecule has 0 saturated heterocycles. The Hall–Kier alpha value is -2.21. The van der Waals surface area contributed by atoms with Crippen LogP contribution in [0.25, 0.3) is 11.3 Å². The summed E-state index contributed by atoms with van der Waals surface area (Å²) in [6.07, 6.45) is 1.03. The summed E-state index contributed by atoms with van der Waals surface area (Å²) in [6.45, 7) is 5.38. The summed E-state index contributed by atoms with van der Waals surface area (Å²) in [4.78, 5) is 11.8. The zero-order valence-electron chi connectivity index (χ0n) is 13.0. The first-order chi connectivity index (χ1) is 10.2. The SMILES string of the molecule is Cn1ncc(N)c1-c1ccc(NC(=O)OC(C)(C)C)c(Cl)c1. The molecule has 1 amide bonds. The molecule has 0 atom stereocenters. The van der Waals surface area contributed by atoms with E-state index >= 15 is 0 Å². The van der Waals surface area contributed by atoms with Gasteiger partial charge < -0.3 is 10.5 Å². The molecule has 0 spiro atoms. The Bertz CT molecular complexity index is 685.